The average molecular weight is 478 g/mol. The SMILES string of the molecule is CC(C)C[C@H](N[C@@H](c1ccc(CNC(=O)c2ccc(F)cc2)cc1)C(F)(F)F)C(=O)NCC#N. The molecule has 0 saturated heterocycles. The Morgan fingerprint density at radius 1 is 1.00 bits per heavy atom. The van der Waals surface area contributed by atoms with Crippen LogP contribution in [0.5, 0.6) is 0 Å². The molecule has 0 unspecified atom stereocenters. The van der Waals surface area contributed by atoms with Crippen LogP contribution in [0.2, 0.25) is 0 Å². The molecule has 3 N–H and O–H groups in total. The lowest BCUT2D eigenvalue weighted by Crippen LogP contribution is -2.49. The summed E-state index contributed by atoms with van der Waals surface area (Å²) in [6, 6.07) is 8.91. The molecule has 2 amide bonds. The molecule has 2 aromatic carbocycles. The zero-order valence-electron chi connectivity index (χ0n) is 18.7. The predicted octanol–water partition coefficient (Wildman–Crippen LogP) is 4.00. The van der Waals surface area contributed by atoms with Gasteiger partial charge in [-0.15, -0.1) is 0 Å². The summed E-state index contributed by atoms with van der Waals surface area (Å²) in [7, 11) is 0. The highest BCUT2D eigenvalue weighted by Gasteiger charge is 2.42. The van der Waals surface area contributed by atoms with E-state index in [1.165, 1.54) is 36.4 Å². The minimum Gasteiger partial charge on any atom is -0.348 e. The molecule has 0 radical (unpaired) electrons. The first kappa shape index (κ1) is 26.8. The zero-order valence-corrected chi connectivity index (χ0v) is 18.7. The highest BCUT2D eigenvalue weighted by Crippen LogP contribution is 2.33. The number of hydrogen-bond donors (Lipinski definition) is 3. The Kier molecular flexibility index (Phi) is 9.57. The van der Waals surface area contributed by atoms with Gasteiger partial charge in [-0.1, -0.05) is 38.1 Å². The van der Waals surface area contributed by atoms with Crippen molar-refractivity contribution in [1.29, 1.82) is 5.26 Å². The monoisotopic (exact) mass is 478 g/mol. The molecular weight excluding hydrogens is 452 g/mol. The van der Waals surface area contributed by atoms with Crippen molar-refractivity contribution < 1.29 is 27.2 Å². The molecule has 0 saturated carbocycles. The van der Waals surface area contributed by atoms with E-state index in [0.717, 1.165) is 12.1 Å². The third kappa shape index (κ3) is 8.15. The Bertz CT molecular complexity index is 1000. The van der Waals surface area contributed by atoms with E-state index in [9.17, 15) is 27.2 Å². The third-order valence-electron chi connectivity index (χ3n) is 4.93. The normalized spacial score (nSPS) is 13.1. The Morgan fingerprint density at radius 3 is 2.15 bits per heavy atom. The molecule has 0 aliphatic carbocycles. The van der Waals surface area contributed by atoms with Gasteiger partial charge in [0, 0.05) is 12.1 Å². The van der Waals surface area contributed by atoms with Crippen molar-refractivity contribution in [2.45, 2.75) is 45.1 Å². The fraction of sp³-hybridized carbons (Fsp3) is 0.375. The molecule has 0 aromatic heterocycles. The Morgan fingerprint density at radius 2 is 1.62 bits per heavy atom. The summed E-state index contributed by atoms with van der Waals surface area (Å²) in [5, 5.41) is 16.0. The van der Waals surface area contributed by atoms with Gasteiger partial charge < -0.3 is 10.6 Å². The maximum atomic E-state index is 13.9. The summed E-state index contributed by atoms with van der Waals surface area (Å²) >= 11 is 0. The molecular formula is C24H26F4N4O2. The lowest BCUT2D eigenvalue weighted by atomic mass is 9.99. The van der Waals surface area contributed by atoms with Crippen LogP contribution in [0.1, 0.15) is 47.8 Å². The Hall–Kier alpha value is -3.45. The molecule has 0 fully saturated rings. The van der Waals surface area contributed by atoms with E-state index in [0.29, 0.717) is 5.56 Å². The number of nitriles is 1. The second-order valence-electron chi connectivity index (χ2n) is 8.13. The molecule has 34 heavy (non-hydrogen) atoms. The van der Waals surface area contributed by atoms with Crippen LogP contribution in [0, 0.1) is 23.1 Å². The Balaban J connectivity index is 2.12. The van der Waals surface area contributed by atoms with Gasteiger partial charge in [-0.05, 0) is 47.7 Å². The first-order valence-corrected chi connectivity index (χ1v) is 10.6. The summed E-state index contributed by atoms with van der Waals surface area (Å²) in [5.41, 5.74) is 0.721. The van der Waals surface area contributed by atoms with Gasteiger partial charge in [-0.3, -0.25) is 14.9 Å². The minimum absolute atomic E-state index is 0.0626. The van der Waals surface area contributed by atoms with Crippen molar-refractivity contribution in [3.8, 4) is 6.07 Å². The van der Waals surface area contributed by atoms with E-state index in [2.05, 4.69) is 16.0 Å². The molecule has 0 spiro atoms. The average Bonchev–Trinajstić information content (AvgIpc) is 2.78. The lowest BCUT2D eigenvalue weighted by molar-refractivity contribution is -0.161. The van der Waals surface area contributed by atoms with E-state index in [1.54, 1.807) is 19.9 Å². The first-order chi connectivity index (χ1) is 16.0. The van der Waals surface area contributed by atoms with Crippen LogP contribution in [0.25, 0.3) is 0 Å². The van der Waals surface area contributed by atoms with Gasteiger partial charge in [0.25, 0.3) is 5.91 Å². The van der Waals surface area contributed by atoms with Crippen LogP contribution in [-0.4, -0.2) is 30.6 Å². The summed E-state index contributed by atoms with van der Waals surface area (Å²) in [4.78, 5) is 24.5. The van der Waals surface area contributed by atoms with Crippen LogP contribution in [0.4, 0.5) is 17.6 Å². The number of nitrogens with one attached hydrogen (secondary N) is 3. The predicted molar refractivity (Wildman–Crippen MR) is 118 cm³/mol. The third-order valence-corrected chi connectivity index (χ3v) is 4.93. The van der Waals surface area contributed by atoms with E-state index in [-0.39, 0.29) is 36.6 Å². The van der Waals surface area contributed by atoms with E-state index >= 15 is 0 Å². The molecule has 0 aliphatic heterocycles. The Labute approximate surface area is 195 Å². The fourth-order valence-electron chi connectivity index (χ4n) is 3.27. The molecule has 6 nitrogen and oxygen atoms in total. The van der Waals surface area contributed by atoms with Crippen molar-refractivity contribution in [2.75, 3.05) is 6.54 Å². The second kappa shape index (κ2) is 12.1. The van der Waals surface area contributed by atoms with Crippen molar-refractivity contribution in [3.63, 3.8) is 0 Å². The van der Waals surface area contributed by atoms with Crippen LogP contribution < -0.4 is 16.0 Å². The molecule has 2 rings (SSSR count). The van der Waals surface area contributed by atoms with E-state index in [1.807, 2.05) is 0 Å². The smallest absolute Gasteiger partial charge is 0.348 e. The highest BCUT2D eigenvalue weighted by atomic mass is 19.4. The van der Waals surface area contributed by atoms with Gasteiger partial charge in [0.1, 0.15) is 18.4 Å². The van der Waals surface area contributed by atoms with Crippen molar-refractivity contribution in [2.24, 2.45) is 5.92 Å². The van der Waals surface area contributed by atoms with Gasteiger partial charge >= 0.3 is 6.18 Å². The molecule has 10 heteroatoms. The van der Waals surface area contributed by atoms with Crippen molar-refractivity contribution in [1.82, 2.24) is 16.0 Å². The molecule has 2 atom stereocenters. The van der Waals surface area contributed by atoms with Gasteiger partial charge in [0.15, 0.2) is 0 Å². The molecule has 0 bridgehead atoms. The van der Waals surface area contributed by atoms with Gasteiger partial charge in [0.2, 0.25) is 5.91 Å². The topological polar surface area (TPSA) is 94.0 Å². The summed E-state index contributed by atoms with van der Waals surface area (Å²) in [5.74, 6) is -1.66. The summed E-state index contributed by atoms with van der Waals surface area (Å²) < 4.78 is 54.6. The number of carbonyl (C=O) groups is 2. The number of hydrogen-bond acceptors (Lipinski definition) is 4. The number of benzene rings is 2. The number of amides is 2. The first-order valence-electron chi connectivity index (χ1n) is 10.6. The number of rotatable bonds is 10. The number of carbonyl (C=O) groups excluding carboxylic acids is 2. The number of alkyl halides is 3. The zero-order chi connectivity index (χ0) is 25.3. The van der Waals surface area contributed by atoms with Crippen molar-refractivity contribution >= 4 is 11.8 Å². The maximum absolute atomic E-state index is 13.9. The molecule has 182 valence electrons. The largest absolute Gasteiger partial charge is 0.407 e. The van der Waals surface area contributed by atoms with Gasteiger partial charge in [-0.25, -0.2) is 4.39 Å². The van der Waals surface area contributed by atoms with E-state index in [4.69, 9.17) is 5.26 Å². The molecule has 0 aliphatic rings. The van der Waals surface area contributed by atoms with Crippen molar-refractivity contribution in [3.05, 3.63) is 71.0 Å². The summed E-state index contributed by atoms with van der Waals surface area (Å²) in [6.07, 6.45) is -4.53. The van der Waals surface area contributed by atoms with E-state index < -0.39 is 35.9 Å². The second-order valence-corrected chi connectivity index (χ2v) is 8.13. The fourth-order valence-corrected chi connectivity index (χ4v) is 3.27. The number of nitrogens with zero attached hydrogens (tertiary/aromatic N) is 1. The van der Waals surface area contributed by atoms with Crippen LogP contribution in [0.15, 0.2) is 48.5 Å². The standard InChI is InChI=1S/C24H26F4N4O2/c1-15(2)13-20(23(34)30-12-11-29)32-21(24(26,27)28)17-5-3-16(4-6-17)14-31-22(33)18-7-9-19(25)10-8-18/h3-10,15,20-21,32H,12-14H2,1-2H3,(H,30,34)(H,31,33)/t20-,21-/m0/s1. The van der Waals surface area contributed by atoms with Crippen LogP contribution in [-0.2, 0) is 11.3 Å². The summed E-state index contributed by atoms with van der Waals surface area (Å²) in [6.45, 7) is 3.32. The van der Waals surface area contributed by atoms with Crippen LogP contribution >= 0.6 is 0 Å². The van der Waals surface area contributed by atoms with Gasteiger partial charge in [-0.2, -0.15) is 18.4 Å². The minimum atomic E-state index is -4.68. The van der Waals surface area contributed by atoms with Gasteiger partial charge in [0.05, 0.1) is 12.1 Å². The number of halogens is 4. The molecule has 0 heterocycles. The van der Waals surface area contributed by atoms with Crippen LogP contribution in [0.3, 0.4) is 0 Å². The molecule has 2 aromatic rings. The lowest BCUT2D eigenvalue weighted by Gasteiger charge is -2.28. The maximum Gasteiger partial charge on any atom is 0.407 e. The quantitative estimate of drug-likeness (QED) is 0.355. The highest BCUT2D eigenvalue weighted by molar-refractivity contribution is 5.94.